The summed E-state index contributed by atoms with van der Waals surface area (Å²) in [5.41, 5.74) is 1.62. The van der Waals surface area contributed by atoms with Gasteiger partial charge in [-0.05, 0) is 69.6 Å². The van der Waals surface area contributed by atoms with E-state index in [1.54, 1.807) is 10.4 Å². The first-order valence-electron chi connectivity index (χ1n) is 12.0. The number of fused-ring (bicyclic) bond motifs is 1. The van der Waals surface area contributed by atoms with Crippen molar-refractivity contribution in [1.82, 2.24) is 14.6 Å². The van der Waals surface area contributed by atoms with Crippen molar-refractivity contribution in [2.45, 2.75) is 75.6 Å². The van der Waals surface area contributed by atoms with Crippen molar-refractivity contribution in [1.29, 1.82) is 0 Å². The van der Waals surface area contributed by atoms with Gasteiger partial charge in [0.05, 0.1) is 10.5 Å². The van der Waals surface area contributed by atoms with E-state index in [0.29, 0.717) is 24.0 Å². The van der Waals surface area contributed by atoms with E-state index in [4.69, 9.17) is 0 Å². The van der Waals surface area contributed by atoms with Gasteiger partial charge in [0.2, 0.25) is 15.6 Å². The molecule has 0 radical (unpaired) electrons. The fraction of sp³-hybridized carbons (Fsp3) is 0.520. The van der Waals surface area contributed by atoms with Gasteiger partial charge in [0.1, 0.15) is 0 Å². The molecule has 2 aromatic rings. The number of hydrogen-bond acceptors (Lipinski definition) is 4. The van der Waals surface area contributed by atoms with E-state index in [1.165, 1.54) is 36.6 Å². The number of amides is 1. The van der Waals surface area contributed by atoms with Crippen LogP contribution in [-0.2, 0) is 10.0 Å². The smallest absolute Gasteiger partial charge is 0.252 e. The summed E-state index contributed by atoms with van der Waals surface area (Å²) in [5.74, 6) is -0.360. The number of carbonyl (C=O) groups is 1. The second kappa shape index (κ2) is 10.2. The highest BCUT2D eigenvalue weighted by Crippen LogP contribution is 2.29. The molecule has 1 unspecified atom stereocenters. The number of pyridine rings is 1. The van der Waals surface area contributed by atoms with E-state index < -0.39 is 10.0 Å². The molecule has 2 N–H and O–H groups in total. The van der Waals surface area contributed by atoms with Crippen molar-refractivity contribution in [3.8, 4) is 0 Å². The van der Waals surface area contributed by atoms with E-state index in [2.05, 4.69) is 16.4 Å². The maximum atomic E-state index is 13.4. The first-order chi connectivity index (χ1) is 15.9. The third kappa shape index (κ3) is 5.22. The quantitative estimate of drug-likeness (QED) is 0.594. The van der Waals surface area contributed by atoms with Crippen LogP contribution in [0.25, 0.3) is 10.9 Å². The molecule has 0 saturated carbocycles. The van der Waals surface area contributed by atoms with Crippen LogP contribution < -0.4 is 10.9 Å². The topological polar surface area (TPSA) is 99.3 Å². The first-order valence-corrected chi connectivity index (χ1v) is 13.5. The van der Waals surface area contributed by atoms with Crippen molar-refractivity contribution >= 4 is 26.8 Å². The minimum absolute atomic E-state index is 0.00751. The molecular formula is C25H33N3O4S. The second-order valence-electron chi connectivity index (χ2n) is 9.04. The van der Waals surface area contributed by atoms with Crippen molar-refractivity contribution in [2.75, 3.05) is 13.1 Å². The van der Waals surface area contributed by atoms with E-state index in [0.717, 1.165) is 44.9 Å². The van der Waals surface area contributed by atoms with Gasteiger partial charge in [-0.25, -0.2) is 8.42 Å². The van der Waals surface area contributed by atoms with Crippen molar-refractivity contribution in [3.05, 3.63) is 51.8 Å². The number of allylic oxidation sites excluding steroid dienone is 1. The minimum atomic E-state index is -3.70. The van der Waals surface area contributed by atoms with Crippen molar-refractivity contribution in [3.63, 3.8) is 0 Å². The van der Waals surface area contributed by atoms with Crippen LogP contribution in [0.15, 0.2) is 45.6 Å². The minimum Gasteiger partial charge on any atom is -0.352 e. The molecule has 1 fully saturated rings. The van der Waals surface area contributed by atoms with Gasteiger partial charge in [0.25, 0.3) is 5.91 Å². The number of nitrogens with zero attached hydrogens (tertiary/aromatic N) is 1. The van der Waals surface area contributed by atoms with Crippen LogP contribution in [0.2, 0.25) is 0 Å². The third-order valence-electron chi connectivity index (χ3n) is 6.83. The summed E-state index contributed by atoms with van der Waals surface area (Å²) < 4.78 is 28.5. The van der Waals surface area contributed by atoms with Crippen molar-refractivity contribution in [2.24, 2.45) is 0 Å². The summed E-state index contributed by atoms with van der Waals surface area (Å²) in [6.45, 7) is 3.01. The molecule has 1 atom stereocenters. The molecule has 2 aliphatic rings. The zero-order valence-corrected chi connectivity index (χ0v) is 20.0. The molecule has 1 aromatic heterocycles. The molecule has 178 valence electrons. The van der Waals surface area contributed by atoms with Crippen LogP contribution in [0, 0.1) is 0 Å². The van der Waals surface area contributed by atoms with Gasteiger partial charge in [-0.15, -0.1) is 0 Å². The molecule has 0 spiro atoms. The lowest BCUT2D eigenvalue weighted by molar-refractivity contribution is 0.0955. The third-order valence-corrected chi connectivity index (χ3v) is 8.77. The fourth-order valence-corrected chi connectivity index (χ4v) is 6.77. The summed E-state index contributed by atoms with van der Waals surface area (Å²) in [5, 5.41) is 3.35. The van der Waals surface area contributed by atoms with Crippen molar-refractivity contribution < 1.29 is 13.2 Å². The molecule has 8 heteroatoms. The summed E-state index contributed by atoms with van der Waals surface area (Å²) >= 11 is 0. The number of carbonyl (C=O) groups excluding carboxylic acids is 1. The Bertz CT molecular complexity index is 1220. The first kappa shape index (κ1) is 23.7. The van der Waals surface area contributed by atoms with E-state index in [9.17, 15) is 18.0 Å². The monoisotopic (exact) mass is 471 g/mol. The highest BCUT2D eigenvalue weighted by Gasteiger charge is 2.32. The number of H-pyrrole nitrogens is 1. The normalized spacial score (nSPS) is 19.9. The van der Waals surface area contributed by atoms with Gasteiger partial charge in [0, 0.05) is 36.1 Å². The molecule has 33 heavy (non-hydrogen) atoms. The maximum absolute atomic E-state index is 13.4. The number of rotatable bonds is 7. The van der Waals surface area contributed by atoms with Gasteiger partial charge in [-0.1, -0.05) is 25.0 Å². The molecule has 1 amide bonds. The van der Waals surface area contributed by atoms with Crippen LogP contribution in [0.4, 0.5) is 0 Å². The van der Waals surface area contributed by atoms with Crippen LogP contribution in [0.1, 0.15) is 75.1 Å². The number of aromatic nitrogens is 1. The Morgan fingerprint density at radius 3 is 2.79 bits per heavy atom. The number of benzene rings is 1. The summed E-state index contributed by atoms with van der Waals surface area (Å²) in [4.78, 5) is 28.0. The molecule has 1 aliphatic heterocycles. The Morgan fingerprint density at radius 2 is 2.03 bits per heavy atom. The molecule has 2 heterocycles. The highest BCUT2D eigenvalue weighted by atomic mass is 32.2. The Morgan fingerprint density at radius 1 is 1.18 bits per heavy atom. The molecule has 1 aromatic carbocycles. The molecule has 1 saturated heterocycles. The molecule has 4 rings (SSSR count). The lowest BCUT2D eigenvalue weighted by atomic mass is 9.97. The van der Waals surface area contributed by atoms with Gasteiger partial charge in [0.15, 0.2) is 0 Å². The SMILES string of the molecule is CCC1CCCCN1S(=O)(=O)c1ccc2[nH]c(=O)cc(C(=O)NCCC3=CCCCC3)c2c1. The number of hydrogen-bond donors (Lipinski definition) is 2. The molecule has 1 aliphatic carbocycles. The van der Waals surface area contributed by atoms with E-state index >= 15 is 0 Å². The Hall–Kier alpha value is -2.45. The Balaban J connectivity index is 1.62. The largest absolute Gasteiger partial charge is 0.352 e. The number of nitrogens with one attached hydrogen (secondary N) is 2. The number of sulfonamides is 1. The summed E-state index contributed by atoms with van der Waals surface area (Å²) in [6, 6.07) is 5.88. The Kier molecular flexibility index (Phi) is 7.34. The lowest BCUT2D eigenvalue weighted by Gasteiger charge is -2.34. The average molecular weight is 472 g/mol. The molecule has 7 nitrogen and oxygen atoms in total. The predicted molar refractivity (Wildman–Crippen MR) is 130 cm³/mol. The highest BCUT2D eigenvalue weighted by molar-refractivity contribution is 7.89. The maximum Gasteiger partial charge on any atom is 0.252 e. The zero-order chi connectivity index (χ0) is 23.4. The van der Waals surface area contributed by atoms with E-state index in [1.807, 2.05) is 6.92 Å². The fourth-order valence-electron chi connectivity index (χ4n) is 4.98. The average Bonchev–Trinajstić information content (AvgIpc) is 2.83. The van der Waals surface area contributed by atoms with Crippen LogP contribution >= 0.6 is 0 Å². The van der Waals surface area contributed by atoms with E-state index in [-0.39, 0.29) is 28.0 Å². The predicted octanol–water partition coefficient (Wildman–Crippen LogP) is 4.10. The van der Waals surface area contributed by atoms with Gasteiger partial charge < -0.3 is 10.3 Å². The standard InChI is InChI=1S/C25H33N3O4S/c1-2-19-10-6-7-15-28(19)33(31,32)20-11-12-23-21(16-20)22(17-24(29)27-23)25(30)26-14-13-18-8-4-3-5-9-18/h8,11-12,16-17,19H,2-7,9-10,13-15H2,1H3,(H,26,30)(H,27,29). The summed E-state index contributed by atoms with van der Waals surface area (Å²) in [6.07, 6.45) is 11.1. The zero-order valence-electron chi connectivity index (χ0n) is 19.2. The van der Waals surface area contributed by atoms with Gasteiger partial charge >= 0.3 is 0 Å². The van der Waals surface area contributed by atoms with Gasteiger partial charge in [-0.3, -0.25) is 9.59 Å². The van der Waals surface area contributed by atoms with Crippen LogP contribution in [0.5, 0.6) is 0 Å². The number of aromatic amines is 1. The lowest BCUT2D eigenvalue weighted by Crippen LogP contribution is -2.43. The van der Waals surface area contributed by atoms with Crippen LogP contribution in [0.3, 0.4) is 0 Å². The summed E-state index contributed by atoms with van der Waals surface area (Å²) in [7, 11) is -3.70. The van der Waals surface area contributed by atoms with Gasteiger partial charge in [-0.2, -0.15) is 4.31 Å². The molecule has 0 bridgehead atoms. The van der Waals surface area contributed by atoms with Crippen LogP contribution in [-0.4, -0.2) is 42.7 Å². The Labute approximate surface area is 195 Å². The molecular weight excluding hydrogens is 438 g/mol. The number of piperidine rings is 1. The second-order valence-corrected chi connectivity index (χ2v) is 10.9.